The lowest BCUT2D eigenvalue weighted by Crippen LogP contribution is -2.33. The molecule has 1 heterocycles. The van der Waals surface area contributed by atoms with E-state index < -0.39 is 5.91 Å². The quantitative estimate of drug-likeness (QED) is 0.775. The fourth-order valence-electron chi connectivity index (χ4n) is 2.97. The second-order valence-electron chi connectivity index (χ2n) is 6.15. The Kier molecular flexibility index (Phi) is 4.73. The van der Waals surface area contributed by atoms with E-state index in [1.165, 1.54) is 12.1 Å². The number of amides is 2. The van der Waals surface area contributed by atoms with E-state index in [1.807, 2.05) is 32.0 Å². The monoisotopic (exact) mass is 357 g/mol. The summed E-state index contributed by atoms with van der Waals surface area (Å²) < 4.78 is 13.0. The van der Waals surface area contributed by atoms with Gasteiger partial charge in [-0.25, -0.2) is 4.39 Å². The summed E-state index contributed by atoms with van der Waals surface area (Å²) in [6, 6.07) is 11.6. The van der Waals surface area contributed by atoms with Crippen LogP contribution in [0.3, 0.4) is 0 Å². The zero-order valence-corrected chi connectivity index (χ0v) is 14.7. The summed E-state index contributed by atoms with van der Waals surface area (Å²) >= 11 is 6.19. The number of rotatable bonds is 4. The Morgan fingerprint density at radius 2 is 1.68 bits per heavy atom. The SMILES string of the molecule is Cc1ccc(C2=C(Cl)C(=O)N(CCc3ccc(F)cc3)C2=O)c(C)c1. The first-order valence-electron chi connectivity index (χ1n) is 7.96. The van der Waals surface area contributed by atoms with Crippen LogP contribution in [0.4, 0.5) is 4.39 Å². The molecule has 0 N–H and O–H groups in total. The standard InChI is InChI=1S/C20H17ClFNO2/c1-12-3-8-16(13(2)11-12)17-18(21)20(25)23(19(17)24)10-9-14-4-6-15(22)7-5-14/h3-8,11H,9-10H2,1-2H3. The number of halogens is 2. The minimum atomic E-state index is -0.483. The van der Waals surface area contributed by atoms with Gasteiger partial charge in [0, 0.05) is 6.54 Å². The lowest BCUT2D eigenvalue weighted by atomic mass is 9.99. The lowest BCUT2D eigenvalue weighted by Gasteiger charge is -2.15. The summed E-state index contributed by atoms with van der Waals surface area (Å²) in [6.45, 7) is 4.05. The highest BCUT2D eigenvalue weighted by Gasteiger charge is 2.38. The first kappa shape index (κ1) is 17.4. The van der Waals surface area contributed by atoms with Gasteiger partial charge >= 0.3 is 0 Å². The van der Waals surface area contributed by atoms with E-state index in [4.69, 9.17) is 11.6 Å². The van der Waals surface area contributed by atoms with Crippen molar-refractivity contribution in [1.82, 2.24) is 4.90 Å². The first-order valence-corrected chi connectivity index (χ1v) is 8.34. The highest BCUT2D eigenvalue weighted by molar-refractivity contribution is 6.55. The molecule has 0 spiro atoms. The van der Waals surface area contributed by atoms with Crippen LogP contribution in [0.2, 0.25) is 0 Å². The third kappa shape index (κ3) is 3.35. The number of hydrogen-bond acceptors (Lipinski definition) is 2. The molecule has 0 atom stereocenters. The predicted molar refractivity (Wildman–Crippen MR) is 95.5 cm³/mol. The van der Waals surface area contributed by atoms with E-state index in [-0.39, 0.29) is 28.9 Å². The van der Waals surface area contributed by atoms with Gasteiger partial charge in [0.1, 0.15) is 10.8 Å². The maximum Gasteiger partial charge on any atom is 0.273 e. The second kappa shape index (κ2) is 6.81. The summed E-state index contributed by atoms with van der Waals surface area (Å²) in [7, 11) is 0. The number of benzene rings is 2. The molecular formula is C20H17ClFNO2. The van der Waals surface area contributed by atoms with Crippen molar-refractivity contribution >= 4 is 29.0 Å². The molecule has 2 amide bonds. The van der Waals surface area contributed by atoms with Gasteiger partial charge in [-0.15, -0.1) is 0 Å². The fourth-order valence-corrected chi connectivity index (χ4v) is 3.25. The molecule has 3 nitrogen and oxygen atoms in total. The van der Waals surface area contributed by atoms with Gasteiger partial charge in [-0.05, 0) is 49.1 Å². The second-order valence-corrected chi connectivity index (χ2v) is 6.52. The van der Waals surface area contributed by atoms with Gasteiger partial charge < -0.3 is 0 Å². The fraction of sp³-hybridized carbons (Fsp3) is 0.200. The van der Waals surface area contributed by atoms with Gasteiger partial charge in [-0.3, -0.25) is 14.5 Å². The van der Waals surface area contributed by atoms with Crippen molar-refractivity contribution < 1.29 is 14.0 Å². The number of carbonyl (C=O) groups is 2. The van der Waals surface area contributed by atoms with Crippen molar-refractivity contribution in [2.24, 2.45) is 0 Å². The molecule has 0 unspecified atom stereocenters. The van der Waals surface area contributed by atoms with Crippen LogP contribution in [-0.2, 0) is 16.0 Å². The highest BCUT2D eigenvalue weighted by atomic mass is 35.5. The molecular weight excluding hydrogens is 341 g/mol. The molecule has 128 valence electrons. The van der Waals surface area contributed by atoms with E-state index >= 15 is 0 Å². The molecule has 1 aliphatic rings. The van der Waals surface area contributed by atoms with Crippen LogP contribution in [-0.4, -0.2) is 23.3 Å². The van der Waals surface area contributed by atoms with Crippen molar-refractivity contribution in [3.05, 3.63) is 75.6 Å². The molecule has 0 aromatic heterocycles. The number of aryl methyl sites for hydroxylation is 2. The predicted octanol–water partition coefficient (Wildman–Crippen LogP) is 4.00. The van der Waals surface area contributed by atoms with Gasteiger partial charge in [0.15, 0.2) is 0 Å². The van der Waals surface area contributed by atoms with Crippen LogP contribution in [0.1, 0.15) is 22.3 Å². The zero-order valence-electron chi connectivity index (χ0n) is 14.0. The Morgan fingerprint density at radius 1 is 1.00 bits per heavy atom. The van der Waals surface area contributed by atoms with E-state index in [1.54, 1.807) is 12.1 Å². The first-order chi connectivity index (χ1) is 11.9. The molecule has 0 radical (unpaired) electrons. The minimum absolute atomic E-state index is 0.0453. The summed E-state index contributed by atoms with van der Waals surface area (Å²) in [4.78, 5) is 26.3. The normalized spacial score (nSPS) is 14.6. The van der Waals surface area contributed by atoms with Crippen LogP contribution in [0.15, 0.2) is 47.5 Å². The molecule has 3 rings (SSSR count). The Hall–Kier alpha value is -2.46. The molecule has 0 saturated carbocycles. The number of imide groups is 1. The van der Waals surface area contributed by atoms with Crippen LogP contribution < -0.4 is 0 Å². The highest BCUT2D eigenvalue weighted by Crippen LogP contribution is 2.33. The molecule has 0 fully saturated rings. The average Bonchev–Trinajstić information content (AvgIpc) is 2.78. The molecule has 0 saturated heterocycles. The van der Waals surface area contributed by atoms with Gasteiger partial charge in [0.05, 0.1) is 5.57 Å². The summed E-state index contributed by atoms with van der Waals surface area (Å²) in [5.41, 5.74) is 3.75. The Bertz CT molecular complexity index is 887. The Morgan fingerprint density at radius 3 is 2.32 bits per heavy atom. The summed E-state index contributed by atoms with van der Waals surface area (Å²) in [6.07, 6.45) is 0.447. The number of nitrogens with zero attached hydrogens (tertiary/aromatic N) is 1. The van der Waals surface area contributed by atoms with E-state index in [9.17, 15) is 14.0 Å². The van der Waals surface area contributed by atoms with Gasteiger partial charge in [0.25, 0.3) is 11.8 Å². The van der Waals surface area contributed by atoms with Gasteiger partial charge in [-0.1, -0.05) is 47.5 Å². The maximum absolute atomic E-state index is 13.0. The number of carbonyl (C=O) groups excluding carboxylic acids is 2. The van der Waals surface area contributed by atoms with E-state index in [0.717, 1.165) is 21.6 Å². The molecule has 25 heavy (non-hydrogen) atoms. The minimum Gasteiger partial charge on any atom is -0.273 e. The molecule has 0 aliphatic carbocycles. The van der Waals surface area contributed by atoms with Crippen LogP contribution in [0.25, 0.3) is 5.57 Å². The molecule has 5 heteroatoms. The Balaban J connectivity index is 1.82. The van der Waals surface area contributed by atoms with E-state index in [0.29, 0.717) is 12.0 Å². The van der Waals surface area contributed by atoms with Crippen molar-refractivity contribution in [2.75, 3.05) is 6.54 Å². The topological polar surface area (TPSA) is 37.4 Å². The van der Waals surface area contributed by atoms with E-state index in [2.05, 4.69) is 0 Å². The van der Waals surface area contributed by atoms with Crippen LogP contribution >= 0.6 is 11.6 Å². The third-order valence-electron chi connectivity index (χ3n) is 4.30. The average molecular weight is 358 g/mol. The molecule has 2 aromatic rings. The van der Waals surface area contributed by atoms with Crippen molar-refractivity contribution in [3.8, 4) is 0 Å². The van der Waals surface area contributed by atoms with Crippen molar-refractivity contribution in [1.29, 1.82) is 0 Å². The summed E-state index contributed by atoms with van der Waals surface area (Å²) in [5.74, 6) is -1.19. The van der Waals surface area contributed by atoms with Gasteiger partial charge in [0.2, 0.25) is 0 Å². The summed E-state index contributed by atoms with van der Waals surface area (Å²) in [5, 5.41) is -0.0453. The van der Waals surface area contributed by atoms with Gasteiger partial charge in [-0.2, -0.15) is 0 Å². The van der Waals surface area contributed by atoms with Crippen molar-refractivity contribution in [3.63, 3.8) is 0 Å². The zero-order chi connectivity index (χ0) is 18.1. The molecule has 1 aliphatic heterocycles. The lowest BCUT2D eigenvalue weighted by molar-refractivity contribution is -0.136. The largest absolute Gasteiger partial charge is 0.273 e. The van der Waals surface area contributed by atoms with Crippen molar-refractivity contribution in [2.45, 2.75) is 20.3 Å². The third-order valence-corrected chi connectivity index (χ3v) is 4.65. The number of hydrogen-bond donors (Lipinski definition) is 0. The molecule has 0 bridgehead atoms. The van der Waals surface area contributed by atoms with Crippen LogP contribution in [0, 0.1) is 19.7 Å². The Labute approximate surface area is 150 Å². The smallest absolute Gasteiger partial charge is 0.273 e. The molecule has 2 aromatic carbocycles. The van der Waals surface area contributed by atoms with Crippen LogP contribution in [0.5, 0.6) is 0 Å². The maximum atomic E-state index is 13.0.